The third-order valence-corrected chi connectivity index (χ3v) is 4.37. The van der Waals surface area contributed by atoms with E-state index >= 15 is 0 Å². The first-order valence-electron chi connectivity index (χ1n) is 6.59. The van der Waals surface area contributed by atoms with Crippen molar-refractivity contribution >= 4 is 39.1 Å². The van der Waals surface area contributed by atoms with Crippen LogP contribution in [-0.4, -0.2) is 24.2 Å². The average molecular weight is 337 g/mol. The number of halogens is 1. The molecule has 114 valence electrons. The molecule has 0 unspecified atom stereocenters. The van der Waals surface area contributed by atoms with Crippen molar-refractivity contribution in [3.05, 3.63) is 52.2 Å². The normalized spacial score (nSPS) is 12.2. The molecule has 0 radical (unpaired) electrons. The van der Waals surface area contributed by atoms with Crippen molar-refractivity contribution in [1.82, 2.24) is 4.57 Å². The Hall–Kier alpha value is -1.89. The number of carbonyl (C=O) groups excluding carboxylic acids is 1. The number of methoxy groups -OCH3 is 1. The van der Waals surface area contributed by atoms with Gasteiger partial charge >= 0.3 is 5.91 Å². The van der Waals surface area contributed by atoms with Gasteiger partial charge in [-0.25, -0.2) is 0 Å². The fourth-order valence-electron chi connectivity index (χ4n) is 2.07. The van der Waals surface area contributed by atoms with Gasteiger partial charge in [0.1, 0.15) is 0 Å². The van der Waals surface area contributed by atoms with Gasteiger partial charge < -0.3 is 13.7 Å². The lowest BCUT2D eigenvalue weighted by Crippen LogP contribution is -2.19. The first-order valence-corrected chi connectivity index (χ1v) is 7.79. The number of carbonyl (C=O) groups is 1. The van der Waals surface area contributed by atoms with Gasteiger partial charge in [-0.2, -0.15) is 4.99 Å². The molecule has 0 saturated carbocycles. The third kappa shape index (κ3) is 2.99. The van der Waals surface area contributed by atoms with Crippen LogP contribution in [0.15, 0.2) is 46.0 Å². The van der Waals surface area contributed by atoms with E-state index in [2.05, 4.69) is 4.99 Å². The number of thiazole rings is 1. The van der Waals surface area contributed by atoms with Crippen molar-refractivity contribution < 1.29 is 13.9 Å². The largest absolute Gasteiger partial charge is 0.459 e. The second-order valence-electron chi connectivity index (χ2n) is 4.54. The van der Waals surface area contributed by atoms with E-state index in [0.29, 0.717) is 23.0 Å². The predicted octanol–water partition coefficient (Wildman–Crippen LogP) is 3.34. The zero-order valence-corrected chi connectivity index (χ0v) is 13.4. The fraction of sp³-hybridized carbons (Fsp3) is 0.200. The number of ether oxygens (including phenoxy) is 1. The summed E-state index contributed by atoms with van der Waals surface area (Å²) in [6.45, 7) is 1.12. The predicted molar refractivity (Wildman–Crippen MR) is 85.3 cm³/mol. The van der Waals surface area contributed by atoms with E-state index in [1.54, 1.807) is 19.2 Å². The number of benzene rings is 1. The summed E-state index contributed by atoms with van der Waals surface area (Å²) in [5.74, 6) is -0.192. The number of hydrogen-bond acceptors (Lipinski definition) is 4. The number of furan rings is 1. The summed E-state index contributed by atoms with van der Waals surface area (Å²) in [6.07, 6.45) is 1.45. The van der Waals surface area contributed by atoms with Crippen LogP contribution in [0.5, 0.6) is 0 Å². The van der Waals surface area contributed by atoms with E-state index < -0.39 is 5.91 Å². The molecule has 1 amide bonds. The summed E-state index contributed by atoms with van der Waals surface area (Å²) >= 11 is 7.44. The Bertz CT molecular complexity index is 865. The summed E-state index contributed by atoms with van der Waals surface area (Å²) in [5.41, 5.74) is 0.970. The van der Waals surface area contributed by atoms with Gasteiger partial charge in [0, 0.05) is 18.7 Å². The molecule has 0 bridgehead atoms. The molecular formula is C15H13ClN2O3S. The molecule has 2 heterocycles. The molecule has 0 spiro atoms. The Morgan fingerprint density at radius 1 is 1.45 bits per heavy atom. The molecule has 3 rings (SSSR count). The quantitative estimate of drug-likeness (QED) is 0.734. The average Bonchev–Trinajstić information content (AvgIpc) is 3.12. The maximum absolute atomic E-state index is 12.1. The third-order valence-electron chi connectivity index (χ3n) is 3.09. The van der Waals surface area contributed by atoms with Gasteiger partial charge in [0.15, 0.2) is 10.6 Å². The minimum Gasteiger partial charge on any atom is -0.459 e. The summed E-state index contributed by atoms with van der Waals surface area (Å²) in [4.78, 5) is 16.9. The second-order valence-corrected chi connectivity index (χ2v) is 5.98. The molecule has 0 aliphatic carbocycles. The van der Waals surface area contributed by atoms with Crippen LogP contribution in [0.1, 0.15) is 10.6 Å². The first-order chi connectivity index (χ1) is 10.7. The lowest BCUT2D eigenvalue weighted by Gasteiger charge is -2.03. The molecule has 0 fully saturated rings. The molecular weight excluding hydrogens is 324 g/mol. The van der Waals surface area contributed by atoms with E-state index in [1.807, 2.05) is 22.8 Å². The van der Waals surface area contributed by atoms with Gasteiger partial charge in [0.05, 0.1) is 23.1 Å². The van der Waals surface area contributed by atoms with Crippen molar-refractivity contribution in [3.8, 4) is 0 Å². The van der Waals surface area contributed by atoms with Crippen LogP contribution in [0.25, 0.3) is 10.2 Å². The number of rotatable bonds is 4. The summed E-state index contributed by atoms with van der Waals surface area (Å²) < 4.78 is 13.1. The van der Waals surface area contributed by atoms with Crippen molar-refractivity contribution in [2.75, 3.05) is 13.7 Å². The number of hydrogen-bond donors (Lipinski definition) is 0. The number of fused-ring (bicyclic) bond motifs is 1. The number of nitrogens with zero attached hydrogens (tertiary/aromatic N) is 2. The molecule has 1 aromatic carbocycles. The zero-order valence-electron chi connectivity index (χ0n) is 11.8. The van der Waals surface area contributed by atoms with E-state index in [9.17, 15) is 4.79 Å². The van der Waals surface area contributed by atoms with Gasteiger partial charge in [-0.3, -0.25) is 4.79 Å². The first kappa shape index (κ1) is 15.0. The molecule has 7 heteroatoms. The lowest BCUT2D eigenvalue weighted by atomic mass is 10.3. The van der Waals surface area contributed by atoms with Crippen molar-refractivity contribution in [2.45, 2.75) is 6.54 Å². The Kier molecular flexibility index (Phi) is 4.42. The Morgan fingerprint density at radius 3 is 3.05 bits per heavy atom. The zero-order chi connectivity index (χ0) is 15.5. The second kappa shape index (κ2) is 6.48. The molecule has 2 aromatic heterocycles. The maximum atomic E-state index is 12.1. The van der Waals surface area contributed by atoms with Crippen molar-refractivity contribution in [1.29, 1.82) is 0 Å². The molecule has 0 aliphatic heterocycles. The summed E-state index contributed by atoms with van der Waals surface area (Å²) in [5, 5.41) is 0.650. The standard InChI is InChI=1S/C15H13ClN2O3S/c1-20-8-6-18-11-5-4-10(16)9-13(11)22-15(18)17-14(19)12-3-2-7-21-12/h2-5,7,9H,6,8H2,1H3. The highest BCUT2D eigenvalue weighted by atomic mass is 35.5. The lowest BCUT2D eigenvalue weighted by molar-refractivity contribution is 0.0971. The van der Waals surface area contributed by atoms with Gasteiger partial charge in [0.2, 0.25) is 0 Å². The van der Waals surface area contributed by atoms with Crippen molar-refractivity contribution in [3.63, 3.8) is 0 Å². The molecule has 0 aliphatic rings. The van der Waals surface area contributed by atoms with Crippen LogP contribution in [0.3, 0.4) is 0 Å². The highest BCUT2D eigenvalue weighted by Gasteiger charge is 2.11. The number of amides is 1. The molecule has 5 nitrogen and oxygen atoms in total. The summed E-state index contributed by atoms with van der Waals surface area (Å²) in [6, 6.07) is 8.85. The van der Waals surface area contributed by atoms with Crippen LogP contribution in [0, 0.1) is 0 Å². The van der Waals surface area contributed by atoms with Crippen molar-refractivity contribution in [2.24, 2.45) is 4.99 Å². The van der Waals surface area contributed by atoms with Gasteiger partial charge in [0.25, 0.3) is 0 Å². The van der Waals surface area contributed by atoms with Gasteiger partial charge in [-0.15, -0.1) is 0 Å². The maximum Gasteiger partial charge on any atom is 0.315 e. The van der Waals surface area contributed by atoms with Crippen LogP contribution in [-0.2, 0) is 11.3 Å². The van der Waals surface area contributed by atoms with Crippen LogP contribution >= 0.6 is 22.9 Å². The smallest absolute Gasteiger partial charge is 0.315 e. The highest BCUT2D eigenvalue weighted by Crippen LogP contribution is 2.22. The van der Waals surface area contributed by atoms with Crippen LogP contribution in [0.2, 0.25) is 5.02 Å². The minimum absolute atomic E-state index is 0.216. The summed E-state index contributed by atoms with van der Waals surface area (Å²) in [7, 11) is 1.64. The number of aromatic nitrogens is 1. The van der Waals surface area contributed by atoms with Crippen LogP contribution < -0.4 is 4.80 Å². The fourth-order valence-corrected chi connectivity index (χ4v) is 3.40. The minimum atomic E-state index is -0.409. The van der Waals surface area contributed by atoms with E-state index in [4.69, 9.17) is 20.8 Å². The molecule has 0 saturated heterocycles. The Labute approximate surface area is 135 Å². The SMILES string of the molecule is COCCn1c(=NC(=O)c2ccco2)sc2cc(Cl)ccc21. The molecule has 0 N–H and O–H groups in total. The van der Waals surface area contributed by atoms with Crippen LogP contribution in [0.4, 0.5) is 0 Å². The van der Waals surface area contributed by atoms with Gasteiger partial charge in [-0.05, 0) is 30.3 Å². The monoisotopic (exact) mass is 336 g/mol. The molecule has 0 atom stereocenters. The topological polar surface area (TPSA) is 56.7 Å². The highest BCUT2D eigenvalue weighted by molar-refractivity contribution is 7.16. The molecule has 3 aromatic rings. The van der Waals surface area contributed by atoms with E-state index in [1.165, 1.54) is 17.6 Å². The Balaban J connectivity index is 2.12. The van der Waals surface area contributed by atoms with E-state index in [0.717, 1.165) is 10.2 Å². The molecule has 22 heavy (non-hydrogen) atoms. The van der Waals surface area contributed by atoms with Gasteiger partial charge in [-0.1, -0.05) is 22.9 Å². The Morgan fingerprint density at radius 2 is 2.32 bits per heavy atom. The van der Waals surface area contributed by atoms with E-state index in [-0.39, 0.29) is 5.76 Å².